The van der Waals surface area contributed by atoms with Gasteiger partial charge in [0.1, 0.15) is 0 Å². The number of rotatable bonds is 2. The van der Waals surface area contributed by atoms with Crippen molar-refractivity contribution in [2.45, 2.75) is 0 Å². The summed E-state index contributed by atoms with van der Waals surface area (Å²) in [5.74, 6) is 0. The van der Waals surface area contributed by atoms with Crippen molar-refractivity contribution in [3.63, 3.8) is 0 Å². The van der Waals surface area contributed by atoms with E-state index >= 15 is 0 Å². The smallest absolute Gasteiger partial charge is 0.211 e. The number of amides is 1. The molecule has 1 amide bonds. The van der Waals surface area contributed by atoms with Crippen molar-refractivity contribution in [2.24, 2.45) is 0 Å². The van der Waals surface area contributed by atoms with Crippen molar-refractivity contribution in [2.75, 3.05) is 0 Å². The number of carbonyl (C=O) groups is 1. The Hall–Kier alpha value is -1.25. The van der Waals surface area contributed by atoms with Crippen molar-refractivity contribution < 1.29 is 9.90 Å². The number of aliphatic hydroxyl groups is 1. The molecule has 0 aromatic carbocycles. The summed E-state index contributed by atoms with van der Waals surface area (Å²) in [4.78, 5) is 9.22. The van der Waals surface area contributed by atoms with E-state index in [0.717, 1.165) is 6.26 Å². The van der Waals surface area contributed by atoms with Gasteiger partial charge in [0.05, 0.1) is 6.26 Å². The van der Waals surface area contributed by atoms with E-state index < -0.39 is 0 Å². The molecular formula is C5H9NO2. The fourth-order valence-corrected chi connectivity index (χ4v) is 0.0481. The molecule has 3 nitrogen and oxygen atoms in total. The molecule has 46 valence electrons. The number of carbonyl (C=O) groups excluding carboxylic acids is 1. The molecule has 0 saturated carbocycles. The Morgan fingerprint density at radius 1 is 1.50 bits per heavy atom. The van der Waals surface area contributed by atoms with Crippen LogP contribution in [0.5, 0.6) is 0 Å². The van der Waals surface area contributed by atoms with Crippen LogP contribution in [-0.4, -0.2) is 11.5 Å². The van der Waals surface area contributed by atoms with Gasteiger partial charge in [0.25, 0.3) is 0 Å². The van der Waals surface area contributed by atoms with E-state index in [0.29, 0.717) is 6.41 Å². The first-order chi connectivity index (χ1) is 3.83. The first-order valence-corrected chi connectivity index (χ1v) is 1.89. The van der Waals surface area contributed by atoms with E-state index in [-0.39, 0.29) is 0 Å². The monoisotopic (exact) mass is 115 g/mol. The molecule has 0 aliphatic heterocycles. The van der Waals surface area contributed by atoms with Gasteiger partial charge >= 0.3 is 0 Å². The van der Waals surface area contributed by atoms with Gasteiger partial charge in [-0.05, 0) is 6.20 Å². The molecule has 3 heteroatoms. The third-order valence-electron chi connectivity index (χ3n) is 0.186. The lowest BCUT2D eigenvalue weighted by Gasteiger charge is -1.70. The minimum atomic E-state index is 0.562. The molecule has 0 radical (unpaired) electrons. The van der Waals surface area contributed by atoms with E-state index in [9.17, 15) is 4.79 Å². The Kier molecular flexibility index (Phi) is 21.2. The van der Waals surface area contributed by atoms with Crippen LogP contribution in [0.15, 0.2) is 25.6 Å². The number of hydrogen-bond acceptors (Lipinski definition) is 2. The van der Waals surface area contributed by atoms with Gasteiger partial charge in [-0.15, -0.1) is 0 Å². The highest BCUT2D eigenvalue weighted by Crippen LogP contribution is 1.35. The maximum absolute atomic E-state index is 9.22. The third-order valence-corrected chi connectivity index (χ3v) is 0.186. The third kappa shape index (κ3) is 119. The van der Waals surface area contributed by atoms with Gasteiger partial charge in [-0.25, -0.2) is 0 Å². The Labute approximate surface area is 48.3 Å². The normalized spacial score (nSPS) is 5.00. The summed E-state index contributed by atoms with van der Waals surface area (Å²) in [5, 5.41) is 9.53. The van der Waals surface area contributed by atoms with Crippen LogP contribution in [0.25, 0.3) is 0 Å². The molecule has 0 aromatic heterocycles. The molecule has 0 bridgehead atoms. The van der Waals surface area contributed by atoms with Crippen molar-refractivity contribution in [1.82, 2.24) is 5.32 Å². The fourth-order valence-electron chi connectivity index (χ4n) is 0.0481. The number of aliphatic hydroxyl groups excluding tert-OH is 1. The maximum atomic E-state index is 9.22. The summed E-state index contributed by atoms with van der Waals surface area (Å²) in [5.41, 5.74) is 0. The van der Waals surface area contributed by atoms with Gasteiger partial charge in [0.15, 0.2) is 0 Å². The molecule has 0 aromatic rings. The lowest BCUT2D eigenvalue weighted by Crippen LogP contribution is -1.96. The lowest BCUT2D eigenvalue weighted by molar-refractivity contribution is -0.108. The van der Waals surface area contributed by atoms with E-state index in [4.69, 9.17) is 5.11 Å². The summed E-state index contributed by atoms with van der Waals surface area (Å²) < 4.78 is 0. The largest absolute Gasteiger partial charge is 0.516 e. The van der Waals surface area contributed by atoms with E-state index in [2.05, 4.69) is 18.5 Å². The standard InChI is InChI=1S/C3H5NO.C2H4O/c1-2-4-3-5;1-2-3/h2-3H,1H2,(H,4,5);2-3H,1H2. The second-order valence-electron chi connectivity index (χ2n) is 0.671. The maximum Gasteiger partial charge on any atom is 0.211 e. The fraction of sp³-hybridized carbons (Fsp3) is 0. The molecule has 8 heavy (non-hydrogen) atoms. The Bertz CT molecular complexity index is 64.8. The molecule has 0 heterocycles. The molecule has 0 spiro atoms. The zero-order valence-electron chi connectivity index (χ0n) is 4.50. The van der Waals surface area contributed by atoms with Crippen molar-refractivity contribution in [3.8, 4) is 0 Å². The number of hydrogen-bond donors (Lipinski definition) is 2. The van der Waals surface area contributed by atoms with Crippen LogP contribution in [0.2, 0.25) is 0 Å². The van der Waals surface area contributed by atoms with Gasteiger partial charge in [-0.1, -0.05) is 13.2 Å². The first kappa shape index (κ1) is 9.89. The molecule has 0 aliphatic carbocycles. The minimum Gasteiger partial charge on any atom is -0.516 e. The molecular weight excluding hydrogens is 106 g/mol. The van der Waals surface area contributed by atoms with Crippen molar-refractivity contribution in [1.29, 1.82) is 0 Å². The van der Waals surface area contributed by atoms with Gasteiger partial charge < -0.3 is 10.4 Å². The summed E-state index contributed by atoms with van der Waals surface area (Å²) in [6.45, 7) is 6.12. The zero-order valence-corrected chi connectivity index (χ0v) is 4.50. The van der Waals surface area contributed by atoms with E-state index in [1.807, 2.05) is 0 Å². The summed E-state index contributed by atoms with van der Waals surface area (Å²) in [7, 11) is 0. The Morgan fingerprint density at radius 3 is 1.88 bits per heavy atom. The van der Waals surface area contributed by atoms with Crippen LogP contribution < -0.4 is 5.32 Å². The van der Waals surface area contributed by atoms with Crippen LogP contribution in [0.1, 0.15) is 0 Å². The topological polar surface area (TPSA) is 49.3 Å². The van der Waals surface area contributed by atoms with Crippen LogP contribution in [0, 0.1) is 0 Å². The number of nitrogens with one attached hydrogen (secondary N) is 1. The molecule has 2 N–H and O–H groups in total. The predicted molar refractivity (Wildman–Crippen MR) is 32.2 cm³/mol. The molecule has 0 rings (SSSR count). The molecule has 0 saturated heterocycles. The molecule has 0 atom stereocenters. The van der Waals surface area contributed by atoms with Gasteiger partial charge in [0, 0.05) is 0 Å². The van der Waals surface area contributed by atoms with E-state index in [1.165, 1.54) is 6.20 Å². The minimum absolute atomic E-state index is 0.562. The van der Waals surface area contributed by atoms with Crippen LogP contribution in [-0.2, 0) is 4.79 Å². The second-order valence-corrected chi connectivity index (χ2v) is 0.671. The molecule has 0 aliphatic rings. The van der Waals surface area contributed by atoms with E-state index in [1.54, 1.807) is 0 Å². The van der Waals surface area contributed by atoms with Gasteiger partial charge in [-0.2, -0.15) is 0 Å². The highest BCUT2D eigenvalue weighted by atomic mass is 16.2. The van der Waals surface area contributed by atoms with Gasteiger partial charge in [0.2, 0.25) is 6.41 Å². The van der Waals surface area contributed by atoms with Crippen molar-refractivity contribution in [3.05, 3.63) is 25.6 Å². The zero-order chi connectivity index (χ0) is 6.83. The average molecular weight is 115 g/mol. The van der Waals surface area contributed by atoms with Crippen LogP contribution >= 0.6 is 0 Å². The van der Waals surface area contributed by atoms with Crippen LogP contribution in [0.4, 0.5) is 0 Å². The summed E-state index contributed by atoms with van der Waals surface area (Å²) in [6, 6.07) is 0. The van der Waals surface area contributed by atoms with Gasteiger partial charge in [-0.3, -0.25) is 4.79 Å². The summed E-state index contributed by atoms with van der Waals surface area (Å²) in [6.07, 6.45) is 2.62. The Morgan fingerprint density at radius 2 is 1.88 bits per heavy atom. The predicted octanol–water partition coefficient (Wildman–Crippen LogP) is 0.564. The van der Waals surface area contributed by atoms with Crippen molar-refractivity contribution >= 4 is 6.41 Å². The summed E-state index contributed by atoms with van der Waals surface area (Å²) >= 11 is 0. The average Bonchev–Trinajstić information content (AvgIpc) is 1.71. The second kappa shape index (κ2) is 17.2. The van der Waals surface area contributed by atoms with Crippen LogP contribution in [0.3, 0.4) is 0 Å². The first-order valence-electron chi connectivity index (χ1n) is 1.89. The molecule has 0 unspecified atom stereocenters. The molecule has 0 fully saturated rings. The Balaban J connectivity index is 0. The highest BCUT2D eigenvalue weighted by molar-refractivity contribution is 5.47. The SMILES string of the molecule is C=CNC=O.C=CO. The highest BCUT2D eigenvalue weighted by Gasteiger charge is 1.50. The lowest BCUT2D eigenvalue weighted by atomic mass is 11.0. The quantitative estimate of drug-likeness (QED) is 0.408.